The molecule has 3 rings (SSSR count). The number of nitrogens with two attached hydrogens (primary N) is 1. The van der Waals surface area contributed by atoms with Gasteiger partial charge < -0.3 is 10.3 Å². The molecule has 0 aliphatic heterocycles. The van der Waals surface area contributed by atoms with Crippen molar-refractivity contribution in [3.63, 3.8) is 0 Å². The van der Waals surface area contributed by atoms with Crippen LogP contribution in [-0.4, -0.2) is 19.7 Å². The highest BCUT2D eigenvalue weighted by Crippen LogP contribution is 2.39. The van der Waals surface area contributed by atoms with Gasteiger partial charge in [0, 0.05) is 11.8 Å². The molecule has 0 aromatic carbocycles. The molecule has 106 valence electrons. The van der Waals surface area contributed by atoms with Crippen molar-refractivity contribution in [3.8, 4) is 0 Å². The van der Waals surface area contributed by atoms with Crippen LogP contribution in [0.25, 0.3) is 0 Å². The average molecular weight is 330 g/mol. The number of thioether (sulfide) groups is 1. The van der Waals surface area contributed by atoms with Crippen molar-refractivity contribution in [2.24, 2.45) is 5.73 Å². The summed E-state index contributed by atoms with van der Waals surface area (Å²) in [6.07, 6.45) is 2.32. The molecule has 2 aromatic heterocycles. The summed E-state index contributed by atoms with van der Waals surface area (Å²) in [6, 6.07) is 3.93. The quantitative estimate of drug-likeness (QED) is 0.674. The zero-order valence-corrected chi connectivity index (χ0v) is 12.9. The lowest BCUT2D eigenvalue weighted by Gasteiger charge is -2.07. The van der Waals surface area contributed by atoms with E-state index in [1.807, 2.05) is 0 Å². The van der Waals surface area contributed by atoms with Crippen LogP contribution in [-0.2, 0) is 12.3 Å². The molecule has 0 amide bonds. The minimum absolute atomic E-state index is 0.403. The van der Waals surface area contributed by atoms with Crippen molar-refractivity contribution in [3.05, 3.63) is 33.8 Å². The highest BCUT2D eigenvalue weighted by molar-refractivity contribution is 7.98. The topological polar surface area (TPSA) is 69.6 Å². The van der Waals surface area contributed by atoms with Crippen LogP contribution in [0.2, 0.25) is 10.2 Å². The van der Waals surface area contributed by atoms with Gasteiger partial charge in [-0.2, -0.15) is 0 Å². The van der Waals surface area contributed by atoms with E-state index in [-0.39, 0.29) is 0 Å². The van der Waals surface area contributed by atoms with Crippen molar-refractivity contribution in [2.75, 3.05) is 0 Å². The largest absolute Gasteiger partial charge is 0.324 e. The Labute approximate surface area is 130 Å². The lowest BCUT2D eigenvalue weighted by atomic mass is 10.4. The molecule has 1 saturated carbocycles. The zero-order valence-electron chi connectivity index (χ0n) is 10.6. The van der Waals surface area contributed by atoms with Crippen molar-refractivity contribution >= 4 is 35.0 Å². The molecule has 20 heavy (non-hydrogen) atoms. The summed E-state index contributed by atoms with van der Waals surface area (Å²) >= 11 is 13.6. The fourth-order valence-electron chi connectivity index (χ4n) is 1.94. The van der Waals surface area contributed by atoms with E-state index >= 15 is 0 Å². The highest BCUT2D eigenvalue weighted by Gasteiger charge is 2.29. The van der Waals surface area contributed by atoms with E-state index in [2.05, 4.69) is 19.7 Å². The molecule has 0 unspecified atom stereocenters. The predicted molar refractivity (Wildman–Crippen MR) is 80.0 cm³/mol. The van der Waals surface area contributed by atoms with E-state index in [4.69, 9.17) is 28.9 Å². The smallest absolute Gasteiger partial charge is 0.191 e. The molecule has 1 aliphatic rings. The van der Waals surface area contributed by atoms with Crippen molar-refractivity contribution in [1.29, 1.82) is 0 Å². The Morgan fingerprint density at radius 2 is 2.10 bits per heavy atom. The first-order chi connectivity index (χ1) is 9.69. The Hall–Kier alpha value is -0.820. The molecule has 2 N–H and O–H groups in total. The fourth-order valence-corrected chi connectivity index (χ4v) is 3.33. The van der Waals surface area contributed by atoms with Gasteiger partial charge in [0.15, 0.2) is 5.16 Å². The van der Waals surface area contributed by atoms with Crippen LogP contribution in [0.3, 0.4) is 0 Å². The Morgan fingerprint density at radius 3 is 2.80 bits per heavy atom. The van der Waals surface area contributed by atoms with E-state index in [0.29, 0.717) is 28.5 Å². The van der Waals surface area contributed by atoms with E-state index in [0.717, 1.165) is 29.5 Å². The number of halogens is 2. The third-order valence-electron chi connectivity index (χ3n) is 3.05. The number of nitrogens with zero attached hydrogens (tertiary/aromatic N) is 4. The van der Waals surface area contributed by atoms with Crippen molar-refractivity contribution in [1.82, 2.24) is 19.7 Å². The second-order valence-electron chi connectivity index (χ2n) is 4.56. The Kier molecular flexibility index (Phi) is 4.16. The molecule has 5 nitrogen and oxygen atoms in total. The normalized spacial score (nSPS) is 14.8. The Balaban J connectivity index is 1.78. The monoisotopic (exact) mass is 329 g/mol. The number of hydrogen-bond acceptors (Lipinski definition) is 5. The van der Waals surface area contributed by atoms with Gasteiger partial charge in [-0.3, -0.25) is 0 Å². The summed E-state index contributed by atoms with van der Waals surface area (Å²) in [5, 5.41) is 10.3. The first-order valence-corrected chi connectivity index (χ1v) is 8.00. The number of hydrogen-bond donors (Lipinski definition) is 1. The van der Waals surface area contributed by atoms with Gasteiger partial charge in [0.2, 0.25) is 0 Å². The number of aromatic nitrogens is 4. The van der Waals surface area contributed by atoms with Gasteiger partial charge in [0.05, 0.1) is 17.3 Å². The molecular formula is C12H13Cl2N5S. The van der Waals surface area contributed by atoms with Gasteiger partial charge in [-0.1, -0.05) is 35.0 Å². The van der Waals surface area contributed by atoms with E-state index < -0.39 is 0 Å². The minimum atomic E-state index is 0.403. The molecule has 2 aromatic rings. The third kappa shape index (κ3) is 2.93. The summed E-state index contributed by atoms with van der Waals surface area (Å²) in [5.74, 6) is 1.44. The van der Waals surface area contributed by atoms with Gasteiger partial charge in [-0.15, -0.1) is 10.2 Å². The molecule has 1 fully saturated rings. The maximum atomic E-state index is 6.11. The van der Waals surface area contributed by atoms with E-state index in [1.165, 1.54) is 0 Å². The molecular weight excluding hydrogens is 317 g/mol. The summed E-state index contributed by atoms with van der Waals surface area (Å²) < 4.78 is 2.13. The molecule has 0 atom stereocenters. The van der Waals surface area contributed by atoms with Crippen LogP contribution in [0.1, 0.15) is 30.4 Å². The van der Waals surface area contributed by atoms with Gasteiger partial charge in [-0.25, -0.2) is 4.98 Å². The summed E-state index contributed by atoms with van der Waals surface area (Å²) in [4.78, 5) is 4.24. The maximum Gasteiger partial charge on any atom is 0.191 e. The highest BCUT2D eigenvalue weighted by atomic mass is 35.5. The van der Waals surface area contributed by atoms with Crippen LogP contribution >= 0.6 is 35.0 Å². The molecule has 0 spiro atoms. The second kappa shape index (κ2) is 5.89. The zero-order chi connectivity index (χ0) is 14.1. The summed E-state index contributed by atoms with van der Waals surface area (Å²) in [5.41, 5.74) is 6.45. The summed E-state index contributed by atoms with van der Waals surface area (Å²) in [7, 11) is 0. The van der Waals surface area contributed by atoms with Gasteiger partial charge in [0.25, 0.3) is 0 Å². The van der Waals surface area contributed by atoms with Crippen molar-refractivity contribution < 1.29 is 0 Å². The van der Waals surface area contributed by atoms with E-state index in [9.17, 15) is 0 Å². The molecule has 8 heteroatoms. The van der Waals surface area contributed by atoms with Crippen LogP contribution in [0.15, 0.2) is 17.3 Å². The van der Waals surface area contributed by atoms with Gasteiger partial charge in [-0.05, 0) is 25.0 Å². The first-order valence-electron chi connectivity index (χ1n) is 6.26. The van der Waals surface area contributed by atoms with Crippen LogP contribution in [0.5, 0.6) is 0 Å². The van der Waals surface area contributed by atoms with Crippen LogP contribution < -0.4 is 5.73 Å². The third-order valence-corrected chi connectivity index (χ3v) is 4.56. The lowest BCUT2D eigenvalue weighted by molar-refractivity contribution is 0.626. The molecule has 1 aliphatic carbocycles. The Morgan fingerprint density at radius 1 is 1.30 bits per heavy atom. The van der Waals surface area contributed by atoms with Crippen LogP contribution in [0, 0.1) is 0 Å². The predicted octanol–water partition coefficient (Wildman–Crippen LogP) is 3.07. The maximum absolute atomic E-state index is 6.11. The summed E-state index contributed by atoms with van der Waals surface area (Å²) in [6.45, 7) is 0.403. The number of pyridine rings is 1. The molecule has 0 saturated heterocycles. The fraction of sp³-hybridized carbons (Fsp3) is 0.417. The standard InChI is InChI=1S/C12H13Cl2N5S/c13-8-3-4-10(14)16-9(8)6-20-12-18-17-11(5-15)19(12)7-1-2-7/h3-4,7H,1-2,5-6,15H2. The van der Waals surface area contributed by atoms with Gasteiger partial charge >= 0.3 is 0 Å². The SMILES string of the molecule is NCc1nnc(SCc2nc(Cl)ccc2Cl)n1C1CC1. The Bertz CT molecular complexity index is 626. The van der Waals surface area contributed by atoms with Crippen molar-refractivity contribution in [2.45, 2.75) is 36.3 Å². The van der Waals surface area contributed by atoms with Crippen LogP contribution in [0.4, 0.5) is 0 Å². The van der Waals surface area contributed by atoms with E-state index in [1.54, 1.807) is 23.9 Å². The molecule has 0 radical (unpaired) electrons. The molecule has 0 bridgehead atoms. The first kappa shape index (κ1) is 14.1. The van der Waals surface area contributed by atoms with Gasteiger partial charge in [0.1, 0.15) is 11.0 Å². The lowest BCUT2D eigenvalue weighted by Crippen LogP contribution is -2.08. The minimum Gasteiger partial charge on any atom is -0.324 e. The molecule has 2 heterocycles. The average Bonchev–Trinajstić information content (AvgIpc) is 3.20. The second-order valence-corrected chi connectivity index (χ2v) is 6.29. The number of rotatable bonds is 5.